The zero-order chi connectivity index (χ0) is 20.3. The molecule has 1 atom stereocenters. The van der Waals surface area contributed by atoms with Gasteiger partial charge in [-0.1, -0.05) is 5.16 Å². The molecule has 4 rings (SSSR count). The van der Waals surface area contributed by atoms with E-state index in [4.69, 9.17) is 4.84 Å². The van der Waals surface area contributed by atoms with E-state index in [0.717, 1.165) is 49.7 Å². The van der Waals surface area contributed by atoms with Crippen LogP contribution in [0.25, 0.3) is 0 Å². The van der Waals surface area contributed by atoms with Crippen molar-refractivity contribution in [2.75, 3.05) is 24.5 Å². The smallest absolute Gasteiger partial charge is 0.269 e. The third-order valence-electron chi connectivity index (χ3n) is 5.33. The van der Waals surface area contributed by atoms with Crippen LogP contribution in [0.5, 0.6) is 0 Å². The lowest BCUT2D eigenvalue weighted by Gasteiger charge is -2.38. The normalized spacial score (nSPS) is 21.2. The first-order valence-corrected chi connectivity index (χ1v) is 10.1. The number of hydrogen-bond donors (Lipinski definition) is 1. The van der Waals surface area contributed by atoms with E-state index in [0.29, 0.717) is 25.2 Å². The average Bonchev–Trinajstić information content (AvgIpc) is 3.35. The van der Waals surface area contributed by atoms with Gasteiger partial charge in [0.25, 0.3) is 5.91 Å². The first-order chi connectivity index (χ1) is 14.0. The van der Waals surface area contributed by atoms with Crippen LogP contribution in [0, 0.1) is 13.8 Å². The van der Waals surface area contributed by atoms with Crippen molar-refractivity contribution in [1.82, 2.24) is 24.8 Å². The van der Waals surface area contributed by atoms with Crippen LogP contribution in [0.3, 0.4) is 0 Å². The monoisotopic (exact) mass is 397 g/mol. The Kier molecular flexibility index (Phi) is 5.46. The van der Waals surface area contributed by atoms with E-state index in [9.17, 15) is 4.79 Å². The van der Waals surface area contributed by atoms with Crippen LogP contribution in [0.1, 0.15) is 37.1 Å². The number of amides is 1. The summed E-state index contributed by atoms with van der Waals surface area (Å²) < 4.78 is 1.99. The Morgan fingerprint density at radius 2 is 2.14 bits per heavy atom. The van der Waals surface area contributed by atoms with E-state index in [2.05, 4.69) is 30.3 Å². The number of rotatable bonds is 6. The van der Waals surface area contributed by atoms with Gasteiger partial charge >= 0.3 is 0 Å². The summed E-state index contributed by atoms with van der Waals surface area (Å²) in [6.07, 6.45) is 8.60. The van der Waals surface area contributed by atoms with Gasteiger partial charge in [0.1, 0.15) is 5.71 Å². The lowest BCUT2D eigenvalue weighted by molar-refractivity contribution is -0.114. The van der Waals surface area contributed by atoms with Crippen LogP contribution in [0.15, 0.2) is 29.9 Å². The zero-order valence-electron chi connectivity index (χ0n) is 17.0. The Bertz CT molecular complexity index is 876. The van der Waals surface area contributed by atoms with Crippen LogP contribution >= 0.6 is 0 Å². The van der Waals surface area contributed by atoms with Gasteiger partial charge in [-0.25, -0.2) is 15.0 Å². The van der Waals surface area contributed by atoms with E-state index in [1.54, 1.807) is 12.5 Å². The predicted molar refractivity (Wildman–Crippen MR) is 109 cm³/mol. The lowest BCUT2D eigenvalue weighted by atomic mass is 9.88. The summed E-state index contributed by atoms with van der Waals surface area (Å²) in [5.74, 6) is 0.579. The summed E-state index contributed by atoms with van der Waals surface area (Å²) in [6.45, 7) is 6.87. The van der Waals surface area contributed by atoms with E-state index in [-0.39, 0.29) is 5.91 Å². The molecule has 29 heavy (non-hydrogen) atoms. The molecule has 4 heterocycles. The molecule has 0 aliphatic carbocycles. The first-order valence-electron chi connectivity index (χ1n) is 10.1. The quantitative estimate of drug-likeness (QED) is 0.744. The van der Waals surface area contributed by atoms with Crippen molar-refractivity contribution >= 4 is 17.6 Å². The van der Waals surface area contributed by atoms with Crippen LogP contribution in [0.2, 0.25) is 0 Å². The van der Waals surface area contributed by atoms with Crippen molar-refractivity contribution in [1.29, 1.82) is 0 Å². The molecule has 2 aromatic heterocycles. The lowest BCUT2D eigenvalue weighted by Crippen LogP contribution is -2.49. The predicted octanol–water partition coefficient (Wildman–Crippen LogP) is 1.61. The summed E-state index contributed by atoms with van der Waals surface area (Å²) in [5.41, 5.74) is 1.90. The van der Waals surface area contributed by atoms with Gasteiger partial charge in [0.05, 0.1) is 12.9 Å². The van der Waals surface area contributed by atoms with Crippen molar-refractivity contribution in [3.05, 3.63) is 36.2 Å². The summed E-state index contributed by atoms with van der Waals surface area (Å²) in [4.78, 5) is 33.6. The number of nitrogens with one attached hydrogen (secondary N) is 1. The van der Waals surface area contributed by atoms with Gasteiger partial charge in [0, 0.05) is 49.8 Å². The number of hydrogen-bond acceptors (Lipinski definition) is 7. The molecule has 2 aliphatic rings. The van der Waals surface area contributed by atoms with Crippen molar-refractivity contribution in [2.45, 2.75) is 51.7 Å². The van der Waals surface area contributed by atoms with Crippen LogP contribution in [0.4, 0.5) is 5.95 Å². The van der Waals surface area contributed by atoms with Crippen molar-refractivity contribution < 1.29 is 9.63 Å². The Morgan fingerprint density at radius 3 is 2.90 bits per heavy atom. The highest BCUT2D eigenvalue weighted by molar-refractivity contribution is 6.39. The highest BCUT2D eigenvalue weighted by Crippen LogP contribution is 2.34. The fraction of sp³-hybridized carbons (Fsp3) is 0.550. The molecule has 9 heteroatoms. The fourth-order valence-corrected chi connectivity index (χ4v) is 3.96. The van der Waals surface area contributed by atoms with E-state index >= 15 is 0 Å². The molecule has 2 aromatic rings. The molecule has 154 valence electrons. The molecular formula is C20H27N7O2. The Hall–Kier alpha value is -2.97. The molecule has 1 N–H and O–H groups in total. The third kappa shape index (κ3) is 4.55. The number of oxime groups is 1. The summed E-state index contributed by atoms with van der Waals surface area (Å²) in [6, 6.07) is 1.97. The van der Waals surface area contributed by atoms with E-state index < -0.39 is 5.60 Å². The average molecular weight is 397 g/mol. The standard InChI is InChI=1S/C20H27N7O2/c1-15-11-16(2)24-19(23-15)27-9-3-5-20(13-27)12-17(25-29-20)18(28)22-6-4-8-26-10-7-21-14-26/h7,10-11,14H,3-6,8-9,12-13H2,1-2H3,(H,22,28)/t20-/m0/s1. The number of aryl methyl sites for hydroxylation is 3. The van der Waals surface area contributed by atoms with Gasteiger partial charge < -0.3 is 19.6 Å². The van der Waals surface area contributed by atoms with E-state index in [1.807, 2.05) is 30.7 Å². The maximum Gasteiger partial charge on any atom is 0.269 e. The molecule has 1 amide bonds. The van der Waals surface area contributed by atoms with Crippen molar-refractivity contribution in [3.63, 3.8) is 0 Å². The second-order valence-corrected chi connectivity index (χ2v) is 7.87. The molecule has 9 nitrogen and oxygen atoms in total. The molecule has 0 aromatic carbocycles. The van der Waals surface area contributed by atoms with Gasteiger partial charge in [-0.3, -0.25) is 4.79 Å². The topological polar surface area (TPSA) is 97.5 Å². The molecule has 0 unspecified atom stereocenters. The van der Waals surface area contributed by atoms with E-state index in [1.165, 1.54) is 0 Å². The zero-order valence-corrected chi connectivity index (χ0v) is 17.0. The first kappa shape index (κ1) is 19.4. The fourth-order valence-electron chi connectivity index (χ4n) is 3.96. The molecule has 1 fully saturated rings. The molecular weight excluding hydrogens is 370 g/mol. The second-order valence-electron chi connectivity index (χ2n) is 7.87. The molecule has 0 radical (unpaired) electrons. The highest BCUT2D eigenvalue weighted by atomic mass is 16.7. The SMILES string of the molecule is Cc1cc(C)nc(N2CCC[C@]3(CC(C(=O)NCCCn4ccnc4)=NO3)C2)n1. The Labute approximate surface area is 170 Å². The van der Waals surface area contributed by atoms with Crippen molar-refractivity contribution in [2.24, 2.45) is 5.16 Å². The van der Waals surface area contributed by atoms with Gasteiger partial charge in [-0.2, -0.15) is 0 Å². The number of carbonyl (C=O) groups is 1. The number of nitrogens with zero attached hydrogens (tertiary/aromatic N) is 6. The number of imidazole rings is 1. The molecule has 0 saturated carbocycles. The summed E-state index contributed by atoms with van der Waals surface area (Å²) in [7, 11) is 0. The molecule has 0 bridgehead atoms. The maximum absolute atomic E-state index is 12.5. The van der Waals surface area contributed by atoms with Gasteiger partial charge in [0.2, 0.25) is 5.95 Å². The number of carbonyl (C=O) groups excluding carboxylic acids is 1. The maximum atomic E-state index is 12.5. The van der Waals surface area contributed by atoms with Crippen LogP contribution < -0.4 is 10.2 Å². The minimum atomic E-state index is -0.469. The summed E-state index contributed by atoms with van der Waals surface area (Å²) >= 11 is 0. The Balaban J connectivity index is 1.30. The number of piperidine rings is 1. The summed E-state index contributed by atoms with van der Waals surface area (Å²) in [5, 5.41) is 7.07. The minimum Gasteiger partial charge on any atom is -0.386 e. The Morgan fingerprint density at radius 1 is 1.31 bits per heavy atom. The van der Waals surface area contributed by atoms with Gasteiger partial charge in [0.15, 0.2) is 5.60 Å². The van der Waals surface area contributed by atoms with Crippen molar-refractivity contribution in [3.8, 4) is 0 Å². The molecule has 1 spiro atoms. The van der Waals surface area contributed by atoms with Gasteiger partial charge in [-0.15, -0.1) is 0 Å². The number of anilines is 1. The molecule has 2 aliphatic heterocycles. The van der Waals surface area contributed by atoms with Crippen LogP contribution in [-0.4, -0.2) is 56.4 Å². The van der Waals surface area contributed by atoms with Gasteiger partial charge in [-0.05, 0) is 39.2 Å². The third-order valence-corrected chi connectivity index (χ3v) is 5.33. The largest absolute Gasteiger partial charge is 0.386 e. The second kappa shape index (κ2) is 8.18. The highest BCUT2D eigenvalue weighted by Gasteiger charge is 2.45. The van der Waals surface area contributed by atoms with Crippen LogP contribution in [-0.2, 0) is 16.2 Å². The number of aromatic nitrogens is 4. The molecule has 1 saturated heterocycles. The minimum absolute atomic E-state index is 0.146.